The van der Waals surface area contributed by atoms with Gasteiger partial charge in [0.2, 0.25) is 0 Å². The molecule has 24 heavy (non-hydrogen) atoms. The van der Waals surface area contributed by atoms with Crippen molar-refractivity contribution in [2.24, 2.45) is 5.41 Å². The number of aryl methyl sites for hydroxylation is 2. The molecule has 4 heteroatoms. The lowest BCUT2D eigenvalue weighted by molar-refractivity contribution is 0.0333. The van der Waals surface area contributed by atoms with Crippen LogP contribution in [0, 0.1) is 12.3 Å². The van der Waals surface area contributed by atoms with Crippen molar-refractivity contribution >= 4 is 11.3 Å². The van der Waals surface area contributed by atoms with E-state index in [2.05, 4.69) is 47.1 Å². The van der Waals surface area contributed by atoms with Crippen LogP contribution in [0.5, 0.6) is 0 Å². The largest absolute Gasteiger partial charge is 0.396 e. The smallest absolute Gasteiger partial charge is 0.0897 e. The maximum atomic E-state index is 9.99. The summed E-state index contributed by atoms with van der Waals surface area (Å²) in [6.07, 6.45) is 7.64. The summed E-state index contributed by atoms with van der Waals surface area (Å²) >= 11 is 1.80. The van der Waals surface area contributed by atoms with Gasteiger partial charge >= 0.3 is 0 Å². The topological polar surface area (TPSA) is 36.4 Å². The molecule has 1 aliphatic heterocycles. The summed E-state index contributed by atoms with van der Waals surface area (Å²) in [6.45, 7) is 5.58. The second kappa shape index (κ2) is 8.24. The van der Waals surface area contributed by atoms with E-state index in [0.717, 1.165) is 50.3 Å². The van der Waals surface area contributed by atoms with Crippen LogP contribution >= 0.6 is 11.3 Å². The molecule has 0 unspecified atom stereocenters. The summed E-state index contributed by atoms with van der Waals surface area (Å²) in [5.41, 5.74) is 1.54. The first-order valence-corrected chi connectivity index (χ1v) is 9.79. The standard InChI is InChI=1S/C20H28N2OS/c1-17-21-14-19(24-17)15-22-12-10-20(16-23,11-13-22)9-5-8-18-6-3-2-4-7-18/h2-4,6-7,14,23H,5,8-13,15-16H2,1H3. The zero-order chi connectivity index (χ0) is 16.8. The molecule has 3 rings (SSSR count). The van der Waals surface area contributed by atoms with Crippen LogP contribution in [-0.2, 0) is 13.0 Å². The summed E-state index contributed by atoms with van der Waals surface area (Å²) in [4.78, 5) is 8.21. The number of hydrogen-bond acceptors (Lipinski definition) is 4. The highest BCUT2D eigenvalue weighted by atomic mass is 32.1. The molecule has 130 valence electrons. The van der Waals surface area contributed by atoms with Gasteiger partial charge in [-0.25, -0.2) is 4.98 Å². The van der Waals surface area contributed by atoms with Gasteiger partial charge < -0.3 is 5.11 Å². The van der Waals surface area contributed by atoms with Gasteiger partial charge in [-0.3, -0.25) is 4.90 Å². The average Bonchev–Trinajstić information content (AvgIpc) is 3.02. The first-order chi connectivity index (χ1) is 11.7. The van der Waals surface area contributed by atoms with E-state index < -0.39 is 0 Å². The van der Waals surface area contributed by atoms with Crippen molar-refractivity contribution in [3.63, 3.8) is 0 Å². The van der Waals surface area contributed by atoms with Crippen LogP contribution in [0.25, 0.3) is 0 Å². The Labute approximate surface area is 149 Å². The predicted octanol–water partition coefficient (Wildman–Crippen LogP) is 4.05. The van der Waals surface area contributed by atoms with Crippen LogP contribution in [0.1, 0.15) is 41.1 Å². The van der Waals surface area contributed by atoms with Crippen LogP contribution < -0.4 is 0 Å². The Hall–Kier alpha value is -1.23. The van der Waals surface area contributed by atoms with Crippen molar-refractivity contribution < 1.29 is 5.11 Å². The summed E-state index contributed by atoms with van der Waals surface area (Å²) in [7, 11) is 0. The van der Waals surface area contributed by atoms with Gasteiger partial charge in [-0.05, 0) is 63.1 Å². The fraction of sp³-hybridized carbons (Fsp3) is 0.550. The minimum absolute atomic E-state index is 0.134. The third-order valence-corrected chi connectivity index (χ3v) is 6.21. The van der Waals surface area contributed by atoms with Crippen molar-refractivity contribution in [1.29, 1.82) is 0 Å². The molecule has 1 N–H and O–H groups in total. The van der Waals surface area contributed by atoms with Crippen molar-refractivity contribution in [2.45, 2.75) is 45.6 Å². The van der Waals surface area contributed by atoms with Gasteiger partial charge in [-0.1, -0.05) is 30.3 Å². The molecule has 1 aromatic carbocycles. The number of nitrogens with zero attached hydrogens (tertiary/aromatic N) is 2. The molecule has 0 amide bonds. The monoisotopic (exact) mass is 344 g/mol. The highest BCUT2D eigenvalue weighted by Crippen LogP contribution is 2.36. The second-order valence-electron chi connectivity index (χ2n) is 7.12. The van der Waals surface area contributed by atoms with Gasteiger partial charge in [-0.2, -0.15) is 0 Å². The van der Waals surface area contributed by atoms with E-state index >= 15 is 0 Å². The Kier molecular flexibility index (Phi) is 6.04. The Balaban J connectivity index is 1.46. The lowest BCUT2D eigenvalue weighted by atomic mass is 9.75. The van der Waals surface area contributed by atoms with Crippen LogP contribution in [-0.4, -0.2) is 34.7 Å². The lowest BCUT2D eigenvalue weighted by Crippen LogP contribution is -2.41. The molecule has 2 aromatic rings. The fourth-order valence-corrected chi connectivity index (χ4v) is 4.52. The van der Waals surface area contributed by atoms with E-state index in [4.69, 9.17) is 0 Å². The van der Waals surface area contributed by atoms with Crippen molar-refractivity contribution in [1.82, 2.24) is 9.88 Å². The average molecular weight is 345 g/mol. The first kappa shape index (κ1) is 17.6. The molecule has 0 atom stereocenters. The van der Waals surface area contributed by atoms with E-state index in [1.165, 1.54) is 16.9 Å². The molecular formula is C20H28N2OS. The van der Waals surface area contributed by atoms with Gasteiger partial charge in [0, 0.05) is 24.2 Å². The van der Waals surface area contributed by atoms with E-state index in [-0.39, 0.29) is 5.41 Å². The summed E-state index contributed by atoms with van der Waals surface area (Å²) in [6, 6.07) is 10.7. The van der Waals surface area contributed by atoms with Crippen molar-refractivity contribution in [3.8, 4) is 0 Å². The molecule has 0 spiro atoms. The first-order valence-electron chi connectivity index (χ1n) is 8.98. The minimum Gasteiger partial charge on any atom is -0.396 e. The molecule has 0 radical (unpaired) electrons. The Morgan fingerprint density at radius 2 is 1.96 bits per heavy atom. The summed E-state index contributed by atoms with van der Waals surface area (Å²) in [5, 5.41) is 11.1. The molecule has 2 heterocycles. The van der Waals surface area contributed by atoms with Crippen LogP contribution in [0.4, 0.5) is 0 Å². The quantitative estimate of drug-likeness (QED) is 0.823. The minimum atomic E-state index is 0.134. The molecule has 3 nitrogen and oxygen atoms in total. The number of aliphatic hydroxyl groups is 1. The zero-order valence-electron chi connectivity index (χ0n) is 14.6. The Bertz CT molecular complexity index is 618. The van der Waals surface area contributed by atoms with Crippen LogP contribution in [0.2, 0.25) is 0 Å². The maximum Gasteiger partial charge on any atom is 0.0897 e. The predicted molar refractivity (Wildman–Crippen MR) is 100 cm³/mol. The third kappa shape index (κ3) is 4.65. The Morgan fingerprint density at radius 1 is 1.21 bits per heavy atom. The normalized spacial score (nSPS) is 17.9. The molecule has 1 saturated heterocycles. The van der Waals surface area contributed by atoms with E-state index in [1.54, 1.807) is 11.3 Å². The highest BCUT2D eigenvalue weighted by Gasteiger charge is 2.33. The molecule has 1 fully saturated rings. The summed E-state index contributed by atoms with van der Waals surface area (Å²) < 4.78 is 0. The number of aromatic nitrogens is 1. The number of aliphatic hydroxyl groups excluding tert-OH is 1. The lowest BCUT2D eigenvalue weighted by Gasteiger charge is -2.40. The molecule has 0 bridgehead atoms. The molecule has 1 aromatic heterocycles. The number of likely N-dealkylation sites (tertiary alicyclic amines) is 1. The summed E-state index contributed by atoms with van der Waals surface area (Å²) in [5.74, 6) is 0. The second-order valence-corrected chi connectivity index (χ2v) is 8.44. The number of rotatable bonds is 7. The number of hydrogen-bond donors (Lipinski definition) is 1. The van der Waals surface area contributed by atoms with Crippen molar-refractivity contribution in [3.05, 3.63) is 52.0 Å². The molecule has 1 aliphatic rings. The van der Waals surface area contributed by atoms with E-state index in [1.807, 2.05) is 6.20 Å². The molecule has 0 saturated carbocycles. The van der Waals surface area contributed by atoms with Crippen LogP contribution in [0.15, 0.2) is 36.5 Å². The Morgan fingerprint density at radius 3 is 2.58 bits per heavy atom. The molecular weight excluding hydrogens is 316 g/mol. The molecule has 0 aliphatic carbocycles. The van der Waals surface area contributed by atoms with Gasteiger partial charge in [-0.15, -0.1) is 11.3 Å². The van der Waals surface area contributed by atoms with Gasteiger partial charge in [0.05, 0.1) is 5.01 Å². The fourth-order valence-electron chi connectivity index (χ4n) is 3.68. The third-order valence-electron chi connectivity index (χ3n) is 5.32. The number of piperidine rings is 1. The SMILES string of the molecule is Cc1ncc(CN2CCC(CO)(CCCc3ccccc3)CC2)s1. The van der Waals surface area contributed by atoms with Crippen molar-refractivity contribution in [2.75, 3.05) is 19.7 Å². The highest BCUT2D eigenvalue weighted by molar-refractivity contribution is 7.11. The number of benzene rings is 1. The van der Waals surface area contributed by atoms with E-state index in [9.17, 15) is 5.11 Å². The van der Waals surface area contributed by atoms with Gasteiger partial charge in [0.15, 0.2) is 0 Å². The van der Waals surface area contributed by atoms with E-state index in [0.29, 0.717) is 6.61 Å². The van der Waals surface area contributed by atoms with Crippen LogP contribution in [0.3, 0.4) is 0 Å². The maximum absolute atomic E-state index is 9.99. The van der Waals surface area contributed by atoms with Gasteiger partial charge in [0.25, 0.3) is 0 Å². The zero-order valence-corrected chi connectivity index (χ0v) is 15.4. The number of thiazole rings is 1. The van der Waals surface area contributed by atoms with Gasteiger partial charge in [0.1, 0.15) is 0 Å².